The first-order valence-electron chi connectivity index (χ1n) is 5.24. The highest BCUT2D eigenvalue weighted by atomic mass is 15.1. The van der Waals surface area contributed by atoms with Crippen molar-refractivity contribution in [1.82, 2.24) is 9.97 Å². The Balaban J connectivity index is 2.35. The summed E-state index contributed by atoms with van der Waals surface area (Å²) in [7, 11) is 4.06. The Morgan fingerprint density at radius 2 is 1.69 bits per heavy atom. The molecule has 0 unspecified atom stereocenters. The van der Waals surface area contributed by atoms with Gasteiger partial charge in [-0.1, -0.05) is 12.1 Å². The highest BCUT2D eigenvalue weighted by Gasteiger charge is 2.00. The normalized spacial score (nSPS) is 10.2. The third kappa shape index (κ3) is 2.19. The van der Waals surface area contributed by atoms with Gasteiger partial charge in [0.2, 0.25) is 0 Å². The van der Waals surface area contributed by atoms with Crippen LogP contribution in [0.5, 0.6) is 0 Å². The molecule has 2 rings (SSSR count). The van der Waals surface area contributed by atoms with Crippen molar-refractivity contribution in [3.05, 3.63) is 42.4 Å². The minimum absolute atomic E-state index is 0.800. The molecule has 16 heavy (non-hydrogen) atoms. The van der Waals surface area contributed by atoms with E-state index in [4.69, 9.17) is 0 Å². The minimum Gasteiger partial charge on any atom is -0.378 e. The molecule has 0 amide bonds. The van der Waals surface area contributed by atoms with Gasteiger partial charge in [0.1, 0.15) is 5.82 Å². The van der Waals surface area contributed by atoms with Crippen molar-refractivity contribution in [2.45, 2.75) is 6.92 Å². The number of hydrogen-bond acceptors (Lipinski definition) is 3. The number of rotatable bonds is 2. The molecular formula is C13H15N3. The number of hydrogen-bond donors (Lipinski definition) is 0. The second-order valence-corrected chi connectivity index (χ2v) is 3.93. The van der Waals surface area contributed by atoms with Crippen LogP contribution in [0.25, 0.3) is 11.3 Å². The summed E-state index contributed by atoms with van der Waals surface area (Å²) in [5.74, 6) is 0.800. The monoisotopic (exact) mass is 213 g/mol. The Hall–Kier alpha value is -1.90. The fourth-order valence-electron chi connectivity index (χ4n) is 1.55. The number of aromatic nitrogens is 2. The summed E-state index contributed by atoms with van der Waals surface area (Å²) >= 11 is 0. The highest BCUT2D eigenvalue weighted by Crippen LogP contribution is 2.20. The first kappa shape index (κ1) is 10.6. The van der Waals surface area contributed by atoms with Crippen LogP contribution in [0, 0.1) is 6.92 Å². The Morgan fingerprint density at radius 1 is 1.00 bits per heavy atom. The molecule has 1 aromatic carbocycles. The highest BCUT2D eigenvalue weighted by molar-refractivity contribution is 5.62. The van der Waals surface area contributed by atoms with Gasteiger partial charge in [-0.05, 0) is 25.1 Å². The number of benzene rings is 1. The smallest absolute Gasteiger partial charge is 0.125 e. The molecule has 1 heterocycles. The lowest BCUT2D eigenvalue weighted by Crippen LogP contribution is -2.07. The van der Waals surface area contributed by atoms with Gasteiger partial charge < -0.3 is 4.90 Å². The van der Waals surface area contributed by atoms with Crippen molar-refractivity contribution < 1.29 is 0 Å². The summed E-state index contributed by atoms with van der Waals surface area (Å²) in [6.45, 7) is 1.90. The van der Waals surface area contributed by atoms with Crippen LogP contribution in [0.2, 0.25) is 0 Å². The fourth-order valence-corrected chi connectivity index (χ4v) is 1.55. The Bertz CT molecular complexity index is 475. The SMILES string of the molecule is Cc1nccc(-c2ccc(N(C)C)cc2)n1. The van der Waals surface area contributed by atoms with E-state index in [2.05, 4.69) is 39.1 Å². The van der Waals surface area contributed by atoms with Crippen LogP contribution in [0.4, 0.5) is 5.69 Å². The van der Waals surface area contributed by atoms with Crippen molar-refractivity contribution in [2.75, 3.05) is 19.0 Å². The average molecular weight is 213 g/mol. The van der Waals surface area contributed by atoms with E-state index in [-0.39, 0.29) is 0 Å². The molecule has 0 saturated heterocycles. The third-order valence-electron chi connectivity index (χ3n) is 2.46. The van der Waals surface area contributed by atoms with E-state index >= 15 is 0 Å². The molecular weight excluding hydrogens is 198 g/mol. The fraction of sp³-hybridized carbons (Fsp3) is 0.231. The van der Waals surface area contributed by atoms with Gasteiger partial charge >= 0.3 is 0 Å². The van der Waals surface area contributed by atoms with Gasteiger partial charge in [0.15, 0.2) is 0 Å². The molecule has 0 N–H and O–H groups in total. The standard InChI is InChI=1S/C13H15N3/c1-10-14-9-8-13(15-10)11-4-6-12(7-5-11)16(2)3/h4-9H,1-3H3. The molecule has 3 nitrogen and oxygen atoms in total. The molecule has 0 bridgehead atoms. The minimum atomic E-state index is 0.800. The van der Waals surface area contributed by atoms with Crippen molar-refractivity contribution in [1.29, 1.82) is 0 Å². The maximum absolute atomic E-state index is 4.39. The molecule has 0 radical (unpaired) electrons. The van der Waals surface area contributed by atoms with Crippen molar-refractivity contribution in [3.8, 4) is 11.3 Å². The number of aryl methyl sites for hydroxylation is 1. The van der Waals surface area contributed by atoms with Gasteiger partial charge in [-0.15, -0.1) is 0 Å². The van der Waals surface area contributed by atoms with Gasteiger partial charge in [0.25, 0.3) is 0 Å². The zero-order chi connectivity index (χ0) is 11.5. The average Bonchev–Trinajstić information content (AvgIpc) is 2.29. The summed E-state index contributed by atoms with van der Waals surface area (Å²) in [5.41, 5.74) is 3.28. The maximum Gasteiger partial charge on any atom is 0.125 e. The molecule has 0 aliphatic rings. The van der Waals surface area contributed by atoms with Crippen molar-refractivity contribution >= 4 is 5.69 Å². The first-order valence-corrected chi connectivity index (χ1v) is 5.24. The molecule has 2 aromatic rings. The van der Waals surface area contributed by atoms with Crippen LogP contribution >= 0.6 is 0 Å². The van der Waals surface area contributed by atoms with E-state index in [1.165, 1.54) is 5.69 Å². The zero-order valence-electron chi connectivity index (χ0n) is 9.81. The second-order valence-electron chi connectivity index (χ2n) is 3.93. The first-order chi connectivity index (χ1) is 7.66. The molecule has 82 valence electrons. The van der Waals surface area contributed by atoms with E-state index < -0.39 is 0 Å². The zero-order valence-corrected chi connectivity index (χ0v) is 9.81. The predicted molar refractivity (Wildman–Crippen MR) is 66.5 cm³/mol. The quantitative estimate of drug-likeness (QED) is 0.767. The summed E-state index contributed by atoms with van der Waals surface area (Å²) < 4.78 is 0. The molecule has 0 atom stereocenters. The van der Waals surface area contributed by atoms with E-state index in [1.54, 1.807) is 6.20 Å². The number of anilines is 1. The molecule has 0 spiro atoms. The second kappa shape index (κ2) is 4.31. The van der Waals surface area contributed by atoms with Crippen LogP contribution in [0.3, 0.4) is 0 Å². The Labute approximate surface area is 95.8 Å². The van der Waals surface area contributed by atoms with Crippen molar-refractivity contribution in [3.63, 3.8) is 0 Å². The Morgan fingerprint density at radius 3 is 2.25 bits per heavy atom. The van der Waals surface area contributed by atoms with E-state index in [9.17, 15) is 0 Å². The van der Waals surface area contributed by atoms with Crippen LogP contribution in [-0.4, -0.2) is 24.1 Å². The molecule has 0 fully saturated rings. The summed E-state index contributed by atoms with van der Waals surface area (Å²) in [6, 6.07) is 10.3. The third-order valence-corrected chi connectivity index (χ3v) is 2.46. The lowest BCUT2D eigenvalue weighted by Gasteiger charge is -2.12. The van der Waals surface area contributed by atoms with E-state index in [0.717, 1.165) is 17.1 Å². The topological polar surface area (TPSA) is 29.0 Å². The van der Waals surface area contributed by atoms with Crippen LogP contribution in [0.15, 0.2) is 36.5 Å². The van der Waals surface area contributed by atoms with Crippen molar-refractivity contribution in [2.24, 2.45) is 0 Å². The molecule has 0 saturated carbocycles. The molecule has 1 aromatic heterocycles. The lowest BCUT2D eigenvalue weighted by molar-refractivity contribution is 1.06. The molecule has 0 aliphatic carbocycles. The summed E-state index contributed by atoms with van der Waals surface area (Å²) in [5, 5.41) is 0. The van der Waals surface area contributed by atoms with Crippen LogP contribution in [0.1, 0.15) is 5.82 Å². The van der Waals surface area contributed by atoms with Gasteiger partial charge in [-0.25, -0.2) is 9.97 Å². The molecule has 0 aliphatic heterocycles. The largest absolute Gasteiger partial charge is 0.378 e. The van der Waals surface area contributed by atoms with Gasteiger partial charge in [0.05, 0.1) is 5.69 Å². The van der Waals surface area contributed by atoms with Gasteiger partial charge in [0, 0.05) is 31.5 Å². The predicted octanol–water partition coefficient (Wildman–Crippen LogP) is 2.52. The van der Waals surface area contributed by atoms with Crippen LogP contribution < -0.4 is 4.90 Å². The number of nitrogens with zero attached hydrogens (tertiary/aromatic N) is 3. The maximum atomic E-state index is 4.39. The Kier molecular flexibility index (Phi) is 2.86. The van der Waals surface area contributed by atoms with Gasteiger partial charge in [-0.3, -0.25) is 0 Å². The van der Waals surface area contributed by atoms with Gasteiger partial charge in [-0.2, -0.15) is 0 Å². The lowest BCUT2D eigenvalue weighted by atomic mass is 10.1. The van der Waals surface area contributed by atoms with E-state index in [1.807, 2.05) is 27.1 Å². The van der Waals surface area contributed by atoms with Crippen LogP contribution in [-0.2, 0) is 0 Å². The molecule has 3 heteroatoms. The van der Waals surface area contributed by atoms with E-state index in [0.29, 0.717) is 0 Å². The summed E-state index contributed by atoms with van der Waals surface area (Å²) in [4.78, 5) is 10.6. The summed E-state index contributed by atoms with van der Waals surface area (Å²) in [6.07, 6.45) is 1.79.